The van der Waals surface area contributed by atoms with Gasteiger partial charge in [0, 0.05) is 33.7 Å². The van der Waals surface area contributed by atoms with Crippen molar-refractivity contribution in [3.05, 3.63) is 42.2 Å². The molecule has 2 heterocycles. The highest BCUT2D eigenvalue weighted by molar-refractivity contribution is 7.98. The number of fused-ring (bicyclic) bond motifs is 1. The lowest BCUT2D eigenvalue weighted by Crippen LogP contribution is -1.87. The van der Waals surface area contributed by atoms with Crippen molar-refractivity contribution in [2.75, 3.05) is 6.26 Å². The first-order valence-electron chi connectivity index (χ1n) is 6.84. The fourth-order valence-corrected chi connectivity index (χ4v) is 3.03. The van der Waals surface area contributed by atoms with Gasteiger partial charge in [-0.2, -0.15) is 5.10 Å². The number of pyridine rings is 1. The summed E-state index contributed by atoms with van der Waals surface area (Å²) in [6, 6.07) is 10.6. The predicted octanol–water partition coefficient (Wildman–Crippen LogP) is 4.22. The summed E-state index contributed by atoms with van der Waals surface area (Å²) in [5, 5.41) is 8.85. The Labute approximate surface area is 121 Å². The van der Waals surface area contributed by atoms with Gasteiger partial charge in [0.1, 0.15) is 0 Å². The van der Waals surface area contributed by atoms with E-state index in [4.69, 9.17) is 0 Å². The van der Waals surface area contributed by atoms with Crippen LogP contribution in [0.4, 0.5) is 0 Å². The van der Waals surface area contributed by atoms with Crippen molar-refractivity contribution in [3.8, 4) is 11.3 Å². The summed E-state index contributed by atoms with van der Waals surface area (Å²) in [5.74, 6) is 0.647. The molecule has 3 nitrogen and oxygen atoms in total. The molecule has 3 aromatic rings. The van der Waals surface area contributed by atoms with Crippen molar-refractivity contribution in [2.24, 2.45) is 0 Å². The number of nitrogens with one attached hydrogen (secondary N) is 1. The normalized spacial score (nSPS) is 14.8. The second-order valence-electron chi connectivity index (χ2n) is 5.19. The lowest BCUT2D eigenvalue weighted by molar-refractivity contribution is 0.978. The SMILES string of the molecule is CSc1ccc(-c2nccc3n[nH]c(C4CC4)c23)cc1. The highest BCUT2D eigenvalue weighted by atomic mass is 32.2. The Balaban J connectivity index is 1.91. The zero-order valence-corrected chi connectivity index (χ0v) is 12.1. The number of hydrogen-bond acceptors (Lipinski definition) is 3. The number of H-pyrrole nitrogens is 1. The van der Waals surface area contributed by atoms with E-state index >= 15 is 0 Å². The van der Waals surface area contributed by atoms with Crippen LogP contribution in [0.1, 0.15) is 24.5 Å². The van der Waals surface area contributed by atoms with E-state index in [1.807, 2.05) is 12.3 Å². The molecule has 1 aliphatic carbocycles. The fraction of sp³-hybridized carbons (Fsp3) is 0.250. The Kier molecular flexibility index (Phi) is 2.77. The molecule has 0 unspecified atom stereocenters. The van der Waals surface area contributed by atoms with Crippen LogP contribution in [0.2, 0.25) is 0 Å². The molecule has 0 spiro atoms. The van der Waals surface area contributed by atoms with Gasteiger partial charge in [-0.25, -0.2) is 0 Å². The molecule has 1 saturated carbocycles. The molecule has 0 amide bonds. The lowest BCUT2D eigenvalue weighted by atomic mass is 10.0. The maximum absolute atomic E-state index is 4.61. The largest absolute Gasteiger partial charge is 0.281 e. The molecular weight excluding hydrogens is 266 g/mol. The number of thioether (sulfide) groups is 1. The minimum atomic E-state index is 0.647. The Morgan fingerprint density at radius 3 is 2.65 bits per heavy atom. The lowest BCUT2D eigenvalue weighted by Gasteiger charge is -2.05. The first-order chi connectivity index (χ1) is 9.86. The van der Waals surface area contributed by atoms with Gasteiger partial charge in [0.2, 0.25) is 0 Å². The molecular formula is C16H15N3S. The minimum absolute atomic E-state index is 0.647. The quantitative estimate of drug-likeness (QED) is 0.731. The summed E-state index contributed by atoms with van der Waals surface area (Å²) in [6.07, 6.45) is 6.46. The van der Waals surface area contributed by atoms with Gasteiger partial charge in [0.25, 0.3) is 0 Å². The van der Waals surface area contributed by atoms with Crippen LogP contribution >= 0.6 is 11.8 Å². The van der Waals surface area contributed by atoms with Gasteiger partial charge in [-0.1, -0.05) is 12.1 Å². The third kappa shape index (κ3) is 1.91. The highest BCUT2D eigenvalue weighted by Crippen LogP contribution is 2.43. The molecule has 1 N–H and O–H groups in total. The van der Waals surface area contributed by atoms with Gasteiger partial charge in [0.15, 0.2) is 0 Å². The van der Waals surface area contributed by atoms with Crippen molar-refractivity contribution < 1.29 is 0 Å². The molecule has 1 aliphatic rings. The molecule has 4 rings (SSSR count). The van der Waals surface area contributed by atoms with Crippen molar-refractivity contribution in [3.63, 3.8) is 0 Å². The Morgan fingerprint density at radius 2 is 1.95 bits per heavy atom. The Morgan fingerprint density at radius 1 is 1.15 bits per heavy atom. The van der Waals surface area contributed by atoms with Crippen molar-refractivity contribution in [1.29, 1.82) is 0 Å². The van der Waals surface area contributed by atoms with Crippen LogP contribution in [0, 0.1) is 0 Å². The van der Waals surface area contributed by atoms with E-state index in [2.05, 4.69) is 45.7 Å². The second kappa shape index (κ2) is 4.63. The van der Waals surface area contributed by atoms with Crippen LogP contribution in [0.5, 0.6) is 0 Å². The smallest absolute Gasteiger partial charge is 0.0961 e. The van der Waals surface area contributed by atoms with E-state index in [1.165, 1.54) is 28.8 Å². The van der Waals surface area contributed by atoms with Crippen LogP contribution in [0.15, 0.2) is 41.4 Å². The molecule has 1 aromatic carbocycles. The van der Waals surface area contributed by atoms with Gasteiger partial charge in [-0.05, 0) is 37.3 Å². The second-order valence-corrected chi connectivity index (χ2v) is 6.07. The average Bonchev–Trinajstić information content (AvgIpc) is 3.26. The summed E-state index contributed by atoms with van der Waals surface area (Å²) in [6.45, 7) is 0. The zero-order chi connectivity index (χ0) is 13.5. The molecule has 0 aliphatic heterocycles. The standard InChI is InChI=1S/C16H15N3S/c1-20-12-6-4-10(5-7-12)15-14-13(8-9-17-15)18-19-16(14)11-2-3-11/h4-9,11H,2-3H2,1H3,(H,18,19). The third-order valence-corrected chi connectivity index (χ3v) is 4.59. The van der Waals surface area contributed by atoms with E-state index in [0.29, 0.717) is 5.92 Å². The molecule has 0 atom stereocenters. The summed E-state index contributed by atoms with van der Waals surface area (Å²) in [5.41, 5.74) is 4.49. The number of hydrogen-bond donors (Lipinski definition) is 1. The van der Waals surface area contributed by atoms with Gasteiger partial charge in [-0.15, -0.1) is 11.8 Å². The van der Waals surface area contributed by atoms with Gasteiger partial charge in [-0.3, -0.25) is 10.1 Å². The van der Waals surface area contributed by atoms with Crippen LogP contribution in [-0.4, -0.2) is 21.4 Å². The molecule has 2 aromatic heterocycles. The van der Waals surface area contributed by atoms with E-state index in [1.54, 1.807) is 11.8 Å². The number of rotatable bonds is 3. The Hall–Kier alpha value is -1.81. The molecule has 20 heavy (non-hydrogen) atoms. The monoisotopic (exact) mass is 281 g/mol. The summed E-state index contributed by atoms with van der Waals surface area (Å²) in [4.78, 5) is 5.88. The van der Waals surface area contributed by atoms with Crippen molar-refractivity contribution >= 4 is 22.7 Å². The van der Waals surface area contributed by atoms with Crippen LogP contribution in [0.3, 0.4) is 0 Å². The fourth-order valence-electron chi connectivity index (χ4n) is 2.62. The maximum Gasteiger partial charge on any atom is 0.0961 e. The van der Waals surface area contributed by atoms with E-state index in [9.17, 15) is 0 Å². The molecule has 0 bridgehead atoms. The van der Waals surface area contributed by atoms with Gasteiger partial charge in [0.05, 0.1) is 11.2 Å². The van der Waals surface area contributed by atoms with Crippen molar-refractivity contribution in [2.45, 2.75) is 23.7 Å². The van der Waals surface area contributed by atoms with Gasteiger partial charge < -0.3 is 0 Å². The van der Waals surface area contributed by atoms with E-state index < -0.39 is 0 Å². The van der Waals surface area contributed by atoms with Gasteiger partial charge >= 0.3 is 0 Å². The highest BCUT2D eigenvalue weighted by Gasteiger charge is 2.28. The Bertz CT molecular complexity index is 757. The molecule has 0 radical (unpaired) electrons. The summed E-state index contributed by atoms with van der Waals surface area (Å²) >= 11 is 1.76. The third-order valence-electron chi connectivity index (χ3n) is 3.84. The van der Waals surface area contributed by atoms with Crippen LogP contribution in [0.25, 0.3) is 22.2 Å². The first kappa shape index (κ1) is 12.0. The van der Waals surface area contributed by atoms with E-state index in [0.717, 1.165) is 16.8 Å². The number of benzene rings is 1. The predicted molar refractivity (Wildman–Crippen MR) is 83.1 cm³/mol. The van der Waals surface area contributed by atoms with E-state index in [-0.39, 0.29) is 0 Å². The van der Waals surface area contributed by atoms with Crippen molar-refractivity contribution in [1.82, 2.24) is 15.2 Å². The number of aromatic nitrogens is 3. The summed E-state index contributed by atoms with van der Waals surface area (Å²) in [7, 11) is 0. The number of nitrogens with zero attached hydrogens (tertiary/aromatic N) is 2. The average molecular weight is 281 g/mol. The first-order valence-corrected chi connectivity index (χ1v) is 8.06. The topological polar surface area (TPSA) is 41.6 Å². The molecule has 0 saturated heterocycles. The maximum atomic E-state index is 4.61. The molecule has 100 valence electrons. The molecule has 4 heteroatoms. The number of aromatic amines is 1. The summed E-state index contributed by atoms with van der Waals surface area (Å²) < 4.78 is 0. The van der Waals surface area contributed by atoms with Crippen LogP contribution < -0.4 is 0 Å². The molecule has 1 fully saturated rings. The van der Waals surface area contributed by atoms with Crippen LogP contribution in [-0.2, 0) is 0 Å². The minimum Gasteiger partial charge on any atom is -0.281 e. The zero-order valence-electron chi connectivity index (χ0n) is 11.3.